The molecule has 0 saturated carbocycles. The lowest BCUT2D eigenvalue weighted by molar-refractivity contribution is 0.0696. The van der Waals surface area contributed by atoms with Gasteiger partial charge in [0.05, 0.1) is 17.8 Å². The quantitative estimate of drug-likeness (QED) is 0.267. The number of rotatable bonds is 7. The Labute approximate surface area is 223 Å². The number of carboxylic acid groups (broad SMARTS) is 1. The number of nitrogens with zero attached hydrogens (tertiary/aromatic N) is 1. The standard InChI is InChI=1S/C31H30FNO3.ClH/c1-20(26-12-6-9-22-8-3-4-11-27(22)26)7-5-10-25-19-33(29-17-23(32)14-16-30(29)36-25)24-15-13-21(2)28(18-24)31(34)35;/h3-4,6,8-9,11-18,20,25H,5,7,10,19H2,1-2H3,(H,34,35);1H/t20-,25?;/m0./s1. The van der Waals surface area contributed by atoms with Crippen molar-refractivity contribution in [3.05, 3.63) is 101 Å². The topological polar surface area (TPSA) is 49.8 Å². The Bertz CT molecular complexity index is 1420. The van der Waals surface area contributed by atoms with Crippen LogP contribution >= 0.6 is 12.4 Å². The van der Waals surface area contributed by atoms with Gasteiger partial charge in [-0.3, -0.25) is 0 Å². The maximum absolute atomic E-state index is 14.1. The predicted octanol–water partition coefficient (Wildman–Crippen LogP) is 8.28. The maximum Gasteiger partial charge on any atom is 0.336 e. The number of hydrogen-bond donors (Lipinski definition) is 1. The molecule has 1 aliphatic heterocycles. The largest absolute Gasteiger partial charge is 0.486 e. The predicted molar refractivity (Wildman–Crippen MR) is 149 cm³/mol. The Morgan fingerprint density at radius 2 is 1.86 bits per heavy atom. The molecule has 0 aliphatic carbocycles. The van der Waals surface area contributed by atoms with Gasteiger partial charge in [0.15, 0.2) is 0 Å². The van der Waals surface area contributed by atoms with Gasteiger partial charge < -0.3 is 14.7 Å². The van der Waals surface area contributed by atoms with Gasteiger partial charge in [-0.05, 0) is 78.3 Å². The van der Waals surface area contributed by atoms with E-state index in [1.165, 1.54) is 28.5 Å². The van der Waals surface area contributed by atoms with E-state index in [1.54, 1.807) is 25.1 Å². The summed E-state index contributed by atoms with van der Waals surface area (Å²) in [6, 6.07) is 24.9. The molecule has 0 amide bonds. The summed E-state index contributed by atoms with van der Waals surface area (Å²) in [5.41, 5.74) is 3.65. The Morgan fingerprint density at radius 3 is 2.68 bits per heavy atom. The maximum atomic E-state index is 14.1. The average molecular weight is 520 g/mol. The molecule has 0 bridgehead atoms. The van der Waals surface area contributed by atoms with Gasteiger partial charge in [-0.15, -0.1) is 12.4 Å². The van der Waals surface area contributed by atoms with E-state index in [4.69, 9.17) is 4.74 Å². The zero-order valence-corrected chi connectivity index (χ0v) is 21.8. The van der Waals surface area contributed by atoms with Crippen molar-refractivity contribution < 1.29 is 19.0 Å². The zero-order chi connectivity index (χ0) is 25.2. The van der Waals surface area contributed by atoms with Crippen LogP contribution in [0.15, 0.2) is 78.9 Å². The fourth-order valence-electron chi connectivity index (χ4n) is 5.21. The van der Waals surface area contributed by atoms with Gasteiger partial charge in [0.1, 0.15) is 17.7 Å². The van der Waals surface area contributed by atoms with Crippen LogP contribution in [-0.2, 0) is 0 Å². The Hall–Kier alpha value is -3.57. The lowest BCUT2D eigenvalue weighted by Gasteiger charge is -2.36. The number of anilines is 2. The van der Waals surface area contributed by atoms with Crippen LogP contribution in [0.3, 0.4) is 0 Å². The first-order chi connectivity index (χ1) is 17.4. The van der Waals surface area contributed by atoms with E-state index in [-0.39, 0.29) is 29.9 Å². The van der Waals surface area contributed by atoms with Crippen LogP contribution in [0, 0.1) is 12.7 Å². The molecule has 1 unspecified atom stereocenters. The monoisotopic (exact) mass is 519 g/mol. The highest BCUT2D eigenvalue weighted by atomic mass is 35.5. The summed E-state index contributed by atoms with van der Waals surface area (Å²) in [6.45, 7) is 4.58. The number of carbonyl (C=O) groups is 1. The fourth-order valence-corrected chi connectivity index (χ4v) is 5.21. The Kier molecular flexibility index (Phi) is 8.03. The van der Waals surface area contributed by atoms with Gasteiger partial charge in [-0.2, -0.15) is 0 Å². The molecule has 37 heavy (non-hydrogen) atoms. The second kappa shape index (κ2) is 11.2. The van der Waals surface area contributed by atoms with Crippen molar-refractivity contribution in [2.24, 2.45) is 0 Å². The van der Waals surface area contributed by atoms with Crippen LogP contribution in [0.1, 0.15) is 53.6 Å². The molecule has 0 radical (unpaired) electrons. The van der Waals surface area contributed by atoms with Crippen LogP contribution < -0.4 is 9.64 Å². The molecule has 2 atom stereocenters. The molecular weight excluding hydrogens is 489 g/mol. The minimum atomic E-state index is -0.971. The van der Waals surface area contributed by atoms with Crippen molar-refractivity contribution in [2.45, 2.75) is 45.1 Å². The third kappa shape index (κ3) is 5.57. The first-order valence-corrected chi connectivity index (χ1v) is 12.5. The third-order valence-electron chi connectivity index (χ3n) is 7.17. The smallest absolute Gasteiger partial charge is 0.336 e. The summed E-state index contributed by atoms with van der Waals surface area (Å²) in [6.07, 6.45) is 2.77. The van der Waals surface area contributed by atoms with E-state index in [9.17, 15) is 14.3 Å². The number of halogens is 2. The molecule has 0 aromatic heterocycles. The first kappa shape index (κ1) is 26.5. The van der Waals surface area contributed by atoms with Crippen molar-refractivity contribution in [3.63, 3.8) is 0 Å². The summed E-state index contributed by atoms with van der Waals surface area (Å²) in [4.78, 5) is 13.7. The van der Waals surface area contributed by atoms with Gasteiger partial charge in [0, 0.05) is 11.8 Å². The molecule has 1 aliphatic rings. The lowest BCUT2D eigenvalue weighted by Crippen LogP contribution is -2.37. The summed E-state index contributed by atoms with van der Waals surface area (Å²) < 4.78 is 20.4. The minimum Gasteiger partial charge on any atom is -0.486 e. The molecule has 6 heteroatoms. The van der Waals surface area contributed by atoms with Crippen LogP contribution in [0.2, 0.25) is 0 Å². The summed E-state index contributed by atoms with van der Waals surface area (Å²) in [7, 11) is 0. The third-order valence-corrected chi connectivity index (χ3v) is 7.17. The molecular formula is C31H31ClFNO3. The summed E-state index contributed by atoms with van der Waals surface area (Å²) in [5, 5.41) is 12.2. The van der Waals surface area contributed by atoms with E-state index in [0.29, 0.717) is 29.5 Å². The van der Waals surface area contributed by atoms with Crippen molar-refractivity contribution in [1.29, 1.82) is 0 Å². The number of ether oxygens (including phenoxy) is 1. The number of carboxylic acids is 1. The second-order valence-electron chi connectivity index (χ2n) is 9.67. The highest BCUT2D eigenvalue weighted by Crippen LogP contribution is 2.40. The van der Waals surface area contributed by atoms with Crippen molar-refractivity contribution in [2.75, 3.05) is 11.4 Å². The van der Waals surface area contributed by atoms with Gasteiger partial charge in [0.2, 0.25) is 0 Å². The normalized spacial score (nSPS) is 15.4. The summed E-state index contributed by atoms with van der Waals surface area (Å²) in [5.74, 6) is -0.295. The number of hydrogen-bond acceptors (Lipinski definition) is 3. The van der Waals surface area contributed by atoms with Gasteiger partial charge in [-0.25, -0.2) is 9.18 Å². The first-order valence-electron chi connectivity index (χ1n) is 12.5. The van der Waals surface area contributed by atoms with Crippen molar-refractivity contribution >= 4 is 40.5 Å². The number of benzene rings is 4. The van der Waals surface area contributed by atoms with Crippen molar-refractivity contribution in [1.82, 2.24) is 0 Å². The van der Waals surface area contributed by atoms with Crippen LogP contribution in [-0.4, -0.2) is 23.7 Å². The zero-order valence-electron chi connectivity index (χ0n) is 21.0. The van der Waals surface area contributed by atoms with Crippen molar-refractivity contribution in [3.8, 4) is 5.75 Å². The number of fused-ring (bicyclic) bond motifs is 2. The highest BCUT2D eigenvalue weighted by molar-refractivity contribution is 5.91. The molecule has 0 spiro atoms. The van der Waals surface area contributed by atoms with E-state index in [2.05, 4.69) is 49.4 Å². The van der Waals surface area contributed by atoms with Gasteiger partial charge in [-0.1, -0.05) is 55.5 Å². The van der Waals surface area contributed by atoms with E-state index < -0.39 is 5.97 Å². The molecule has 192 valence electrons. The molecule has 5 rings (SSSR count). The fraction of sp³-hybridized carbons (Fsp3) is 0.258. The average Bonchev–Trinajstić information content (AvgIpc) is 2.88. The van der Waals surface area contributed by atoms with E-state index in [0.717, 1.165) is 24.9 Å². The number of aromatic carboxylic acids is 1. The van der Waals surface area contributed by atoms with Gasteiger partial charge >= 0.3 is 5.97 Å². The summed E-state index contributed by atoms with van der Waals surface area (Å²) >= 11 is 0. The number of aryl methyl sites for hydroxylation is 1. The molecule has 1 heterocycles. The van der Waals surface area contributed by atoms with Gasteiger partial charge in [0.25, 0.3) is 0 Å². The van der Waals surface area contributed by atoms with Crippen LogP contribution in [0.25, 0.3) is 10.8 Å². The van der Waals surface area contributed by atoms with E-state index >= 15 is 0 Å². The highest BCUT2D eigenvalue weighted by Gasteiger charge is 2.28. The Morgan fingerprint density at radius 1 is 1.08 bits per heavy atom. The molecule has 0 fully saturated rings. The molecule has 4 nitrogen and oxygen atoms in total. The van der Waals surface area contributed by atoms with Crippen LogP contribution in [0.4, 0.5) is 15.8 Å². The Balaban J connectivity index is 0.00000320. The van der Waals surface area contributed by atoms with E-state index in [1.807, 2.05) is 11.0 Å². The minimum absolute atomic E-state index is 0. The second-order valence-corrected chi connectivity index (χ2v) is 9.67. The molecule has 1 N–H and O–H groups in total. The molecule has 0 saturated heterocycles. The molecule has 4 aromatic carbocycles. The SMILES string of the molecule is Cc1ccc(N2CC(CCC[C@H](C)c3cccc4ccccc34)Oc3ccc(F)cc32)cc1C(=O)O.Cl. The van der Waals surface area contributed by atoms with Crippen LogP contribution in [0.5, 0.6) is 5.75 Å². The lowest BCUT2D eigenvalue weighted by atomic mass is 9.90. The molecule has 4 aromatic rings.